The monoisotopic (exact) mass is 618 g/mol. The minimum Gasteiger partial charge on any atom is -0.481 e. The van der Waals surface area contributed by atoms with Crippen LogP contribution in [0.5, 0.6) is 0 Å². The summed E-state index contributed by atoms with van der Waals surface area (Å²) in [6, 6.07) is 13.5. The van der Waals surface area contributed by atoms with Gasteiger partial charge < -0.3 is 30.4 Å². The molecule has 14 nitrogen and oxygen atoms in total. The maximum absolute atomic E-state index is 13.2. The Kier molecular flexibility index (Phi) is 10.3. The van der Waals surface area contributed by atoms with Crippen molar-refractivity contribution in [3.05, 3.63) is 77.4 Å². The van der Waals surface area contributed by atoms with Gasteiger partial charge in [0, 0.05) is 43.8 Å². The molecule has 0 aliphatic carbocycles. The molecule has 3 aromatic heterocycles. The minimum absolute atomic E-state index is 0.242. The summed E-state index contributed by atoms with van der Waals surface area (Å²) in [5, 5.41) is 29.9. The van der Waals surface area contributed by atoms with E-state index in [1.807, 2.05) is 12.1 Å². The molecule has 1 aromatic carbocycles. The van der Waals surface area contributed by atoms with Crippen molar-refractivity contribution in [2.75, 3.05) is 43.4 Å². The summed E-state index contributed by atoms with van der Waals surface area (Å²) in [5.41, 5.74) is 1.55. The highest BCUT2D eigenvalue weighted by Gasteiger charge is 2.22. The molecule has 0 unspecified atom stereocenters. The molecule has 0 radical (unpaired) electrons. The van der Waals surface area contributed by atoms with Gasteiger partial charge in [-0.3, -0.25) is 14.4 Å². The third-order valence-corrected chi connectivity index (χ3v) is 7.10. The van der Waals surface area contributed by atoms with Crippen molar-refractivity contribution in [2.24, 2.45) is 0 Å². The van der Waals surface area contributed by atoms with Gasteiger partial charge >= 0.3 is 11.9 Å². The summed E-state index contributed by atoms with van der Waals surface area (Å²) in [6.07, 6.45) is 2.58. The fraction of sp³-hybridized carbons (Fsp3) is 0.355. The van der Waals surface area contributed by atoms with Crippen LogP contribution < -0.4 is 15.8 Å². The molecule has 0 atom stereocenters. The molecule has 5 rings (SSSR count). The van der Waals surface area contributed by atoms with E-state index in [1.54, 1.807) is 42.8 Å². The summed E-state index contributed by atoms with van der Waals surface area (Å²) >= 11 is 0. The molecule has 14 heteroatoms. The Morgan fingerprint density at radius 3 is 2.22 bits per heavy atom. The second kappa shape index (κ2) is 14.1. The van der Waals surface area contributed by atoms with Gasteiger partial charge in [0.05, 0.1) is 25.1 Å². The zero-order chi connectivity index (χ0) is 32.7. The summed E-state index contributed by atoms with van der Waals surface area (Å²) in [7, 11) is 2.15. The van der Waals surface area contributed by atoms with E-state index in [4.69, 9.17) is 15.2 Å². The van der Waals surface area contributed by atoms with Gasteiger partial charge in [-0.2, -0.15) is 4.98 Å². The molecule has 4 heterocycles. The number of carbonyl (C=O) groups is 2. The van der Waals surface area contributed by atoms with Crippen LogP contribution in [0.3, 0.4) is 0 Å². The lowest BCUT2D eigenvalue weighted by molar-refractivity contribution is -0.143. The lowest BCUT2D eigenvalue weighted by Crippen LogP contribution is -2.44. The van der Waals surface area contributed by atoms with Crippen LogP contribution in [0.2, 0.25) is 0 Å². The lowest BCUT2D eigenvalue weighted by atomic mass is 10.1. The first kappa shape index (κ1) is 32.8. The number of fused-ring (bicyclic) bond motifs is 1. The van der Waals surface area contributed by atoms with Gasteiger partial charge in [0.2, 0.25) is 5.95 Å². The van der Waals surface area contributed by atoms with Crippen molar-refractivity contribution in [3.8, 4) is 5.82 Å². The molecular formula is C31H38N8O6. The number of allylic oxidation sites excluding steroid dienone is 1. The Labute approximate surface area is 259 Å². The fourth-order valence-corrected chi connectivity index (χ4v) is 4.65. The predicted octanol–water partition coefficient (Wildman–Crippen LogP) is 2.82. The molecule has 4 aromatic rings. The summed E-state index contributed by atoms with van der Waals surface area (Å²) in [5.74, 6) is -1.32. The van der Waals surface area contributed by atoms with Gasteiger partial charge in [0.25, 0.3) is 5.56 Å². The number of rotatable bonds is 10. The van der Waals surface area contributed by atoms with Crippen molar-refractivity contribution < 1.29 is 24.9 Å². The topological polar surface area (TPSA) is 179 Å². The van der Waals surface area contributed by atoms with Crippen LogP contribution in [0.25, 0.3) is 16.9 Å². The van der Waals surface area contributed by atoms with E-state index in [2.05, 4.69) is 50.8 Å². The molecule has 0 bridgehead atoms. The second-order valence-corrected chi connectivity index (χ2v) is 11.1. The Morgan fingerprint density at radius 2 is 1.64 bits per heavy atom. The van der Waals surface area contributed by atoms with Gasteiger partial charge in [-0.25, -0.2) is 19.3 Å². The van der Waals surface area contributed by atoms with Crippen LogP contribution in [0.15, 0.2) is 66.1 Å². The molecular weight excluding hydrogens is 580 g/mol. The van der Waals surface area contributed by atoms with Gasteiger partial charge in [0.15, 0.2) is 11.5 Å². The number of carboxylic acids is 2. The summed E-state index contributed by atoms with van der Waals surface area (Å²) < 4.78 is 3.16. The lowest BCUT2D eigenvalue weighted by Gasteiger charge is -2.34. The SMILES string of the molecule is C=CCn1c(=O)c2cnc(Nc3ccc(N4CCN(C)CC4)cc3)nc2n1-c1cccc(C(C)(C)O)n1.O=C(O)CCC(=O)O. The van der Waals surface area contributed by atoms with Crippen LogP contribution in [0.4, 0.5) is 17.3 Å². The highest BCUT2D eigenvalue weighted by atomic mass is 16.4. The first-order chi connectivity index (χ1) is 21.4. The van der Waals surface area contributed by atoms with E-state index in [0.29, 0.717) is 28.5 Å². The number of hydrogen-bond acceptors (Lipinski definition) is 10. The number of nitrogens with one attached hydrogen (secondary N) is 1. The zero-order valence-corrected chi connectivity index (χ0v) is 25.5. The van der Waals surface area contributed by atoms with E-state index < -0.39 is 17.5 Å². The van der Waals surface area contributed by atoms with Crippen LogP contribution in [-0.4, -0.2) is 89.7 Å². The molecule has 1 aliphatic rings. The average Bonchev–Trinajstić information content (AvgIpc) is 3.27. The molecule has 0 spiro atoms. The van der Waals surface area contributed by atoms with Crippen molar-refractivity contribution in [2.45, 2.75) is 38.8 Å². The number of likely N-dealkylation sites (N-methyl/N-ethyl adjacent to an activating group) is 1. The Bertz CT molecular complexity index is 1700. The number of nitrogens with zero attached hydrogens (tertiary/aromatic N) is 7. The van der Waals surface area contributed by atoms with Gasteiger partial charge in [-0.05, 0) is 57.3 Å². The van der Waals surface area contributed by atoms with Crippen LogP contribution in [0.1, 0.15) is 32.4 Å². The highest BCUT2D eigenvalue weighted by Crippen LogP contribution is 2.23. The van der Waals surface area contributed by atoms with Crippen molar-refractivity contribution in [3.63, 3.8) is 0 Å². The van der Waals surface area contributed by atoms with Crippen molar-refractivity contribution in [1.82, 2.24) is 29.2 Å². The van der Waals surface area contributed by atoms with Gasteiger partial charge in [-0.1, -0.05) is 12.1 Å². The Hall–Kier alpha value is -5.08. The van der Waals surface area contributed by atoms with E-state index in [0.717, 1.165) is 31.9 Å². The smallest absolute Gasteiger partial charge is 0.303 e. The molecule has 45 heavy (non-hydrogen) atoms. The quantitative estimate of drug-likeness (QED) is 0.191. The number of pyridine rings is 1. The number of aliphatic carboxylic acids is 2. The normalized spacial score (nSPS) is 13.6. The molecule has 1 aliphatic heterocycles. The largest absolute Gasteiger partial charge is 0.481 e. The van der Waals surface area contributed by atoms with E-state index >= 15 is 0 Å². The Morgan fingerprint density at radius 1 is 1.00 bits per heavy atom. The third kappa shape index (κ3) is 8.31. The van der Waals surface area contributed by atoms with Gasteiger partial charge in [0.1, 0.15) is 11.0 Å². The number of hydrogen-bond donors (Lipinski definition) is 4. The molecule has 0 saturated carbocycles. The summed E-state index contributed by atoms with van der Waals surface area (Å²) in [6.45, 7) is 11.5. The number of carboxylic acid groups (broad SMARTS) is 2. The third-order valence-electron chi connectivity index (χ3n) is 7.10. The first-order valence-corrected chi connectivity index (χ1v) is 14.4. The number of piperazine rings is 1. The molecule has 0 amide bonds. The number of anilines is 3. The average molecular weight is 619 g/mol. The molecule has 238 valence electrons. The minimum atomic E-state index is -1.14. The van der Waals surface area contributed by atoms with Crippen LogP contribution in [-0.2, 0) is 21.7 Å². The van der Waals surface area contributed by atoms with E-state index in [1.165, 1.54) is 16.6 Å². The maximum atomic E-state index is 13.2. The van der Waals surface area contributed by atoms with E-state index in [-0.39, 0.29) is 24.9 Å². The maximum Gasteiger partial charge on any atom is 0.303 e. The molecule has 1 saturated heterocycles. The first-order valence-electron chi connectivity index (χ1n) is 14.4. The molecule has 4 N–H and O–H groups in total. The summed E-state index contributed by atoms with van der Waals surface area (Å²) in [4.78, 5) is 50.9. The van der Waals surface area contributed by atoms with Crippen LogP contribution in [0, 0.1) is 0 Å². The van der Waals surface area contributed by atoms with Crippen molar-refractivity contribution >= 4 is 40.3 Å². The number of benzene rings is 1. The Balaban J connectivity index is 0.000000510. The van der Waals surface area contributed by atoms with Crippen molar-refractivity contribution in [1.29, 1.82) is 0 Å². The second-order valence-electron chi connectivity index (χ2n) is 11.1. The molecule has 1 fully saturated rings. The van der Waals surface area contributed by atoms with Crippen LogP contribution >= 0.6 is 0 Å². The standard InChI is InChI=1S/C27H32N8O2.C4H6O4/c1-5-13-34-25(36)21-18-28-26(29-19-9-11-20(12-10-19)33-16-14-32(4)15-17-33)31-24(21)35(34)23-8-6-7-22(30-23)27(2,3)37;5-3(6)1-2-4(7)8/h5-12,18,37H,1,13-17H2,2-4H3,(H,28,29,31);1-2H2,(H,5,6)(H,7,8). The van der Waals surface area contributed by atoms with Gasteiger partial charge in [-0.15, -0.1) is 6.58 Å². The highest BCUT2D eigenvalue weighted by molar-refractivity contribution is 5.77. The predicted molar refractivity (Wildman–Crippen MR) is 170 cm³/mol. The number of aromatic nitrogens is 5. The zero-order valence-electron chi connectivity index (χ0n) is 25.5. The number of aliphatic hydroxyl groups is 1. The van der Waals surface area contributed by atoms with E-state index in [9.17, 15) is 19.5 Å². The fourth-order valence-electron chi connectivity index (χ4n) is 4.65.